The van der Waals surface area contributed by atoms with Crippen molar-refractivity contribution in [3.05, 3.63) is 54.0 Å². The highest BCUT2D eigenvalue weighted by Crippen LogP contribution is 2.13. The van der Waals surface area contributed by atoms with Crippen molar-refractivity contribution in [2.75, 3.05) is 12.4 Å². The van der Waals surface area contributed by atoms with Crippen LogP contribution in [0.3, 0.4) is 0 Å². The number of aromatic nitrogens is 3. The minimum atomic E-state index is -0.343. The van der Waals surface area contributed by atoms with Gasteiger partial charge < -0.3 is 10.1 Å². The van der Waals surface area contributed by atoms with Crippen LogP contribution in [0.15, 0.2) is 42.6 Å². The Labute approximate surface area is 115 Å². The second-order valence-corrected chi connectivity index (χ2v) is 4.29. The molecule has 0 aliphatic rings. The quantitative estimate of drug-likeness (QED) is 0.792. The molecule has 1 N–H and O–H groups in total. The Morgan fingerprint density at radius 2 is 2.00 bits per heavy atom. The third-order valence-electron chi connectivity index (χ3n) is 2.90. The predicted octanol–water partition coefficient (Wildman–Crippen LogP) is 2.49. The van der Waals surface area contributed by atoms with Crippen LogP contribution in [0.25, 0.3) is 5.65 Å². The average molecular weight is 272 g/mol. The van der Waals surface area contributed by atoms with Gasteiger partial charge in [0.1, 0.15) is 11.6 Å². The van der Waals surface area contributed by atoms with Gasteiger partial charge in [0, 0.05) is 6.54 Å². The van der Waals surface area contributed by atoms with E-state index in [1.54, 1.807) is 13.2 Å². The van der Waals surface area contributed by atoms with Crippen LogP contribution < -0.4 is 10.1 Å². The van der Waals surface area contributed by atoms with Crippen molar-refractivity contribution in [1.82, 2.24) is 14.6 Å². The van der Waals surface area contributed by atoms with Crippen molar-refractivity contribution in [3.8, 4) is 5.75 Å². The summed E-state index contributed by atoms with van der Waals surface area (Å²) < 4.78 is 19.6. The maximum absolute atomic E-state index is 13.0. The zero-order chi connectivity index (χ0) is 13.9. The van der Waals surface area contributed by atoms with Crippen molar-refractivity contribution in [1.29, 1.82) is 0 Å². The summed E-state index contributed by atoms with van der Waals surface area (Å²) in [6, 6.07) is 10.6. The Morgan fingerprint density at radius 1 is 1.20 bits per heavy atom. The van der Waals surface area contributed by atoms with Crippen LogP contribution in [0.1, 0.15) is 5.56 Å². The lowest BCUT2D eigenvalue weighted by molar-refractivity contribution is 0.414. The van der Waals surface area contributed by atoms with Crippen molar-refractivity contribution in [3.63, 3.8) is 0 Å². The molecule has 20 heavy (non-hydrogen) atoms. The topological polar surface area (TPSA) is 51.5 Å². The standard InChI is InChI=1S/C14H13FN4O/c1-20-12-5-2-10(3-6-12)8-16-14-17-13-7-4-11(15)9-19(13)18-14/h2-7,9H,8H2,1H3,(H,16,18). The second kappa shape index (κ2) is 5.16. The van der Waals surface area contributed by atoms with Gasteiger partial charge in [0.15, 0.2) is 5.65 Å². The van der Waals surface area contributed by atoms with Crippen LogP contribution in [0.5, 0.6) is 5.75 Å². The first-order valence-corrected chi connectivity index (χ1v) is 6.13. The minimum Gasteiger partial charge on any atom is -0.497 e. The summed E-state index contributed by atoms with van der Waals surface area (Å²) >= 11 is 0. The number of ether oxygens (including phenoxy) is 1. The summed E-state index contributed by atoms with van der Waals surface area (Å²) in [5.74, 6) is 0.936. The fourth-order valence-electron chi connectivity index (χ4n) is 1.86. The Kier molecular flexibility index (Phi) is 3.20. The highest BCUT2D eigenvalue weighted by Gasteiger charge is 2.04. The van der Waals surface area contributed by atoms with Crippen LogP contribution in [-0.4, -0.2) is 21.7 Å². The van der Waals surface area contributed by atoms with E-state index < -0.39 is 0 Å². The van der Waals surface area contributed by atoms with E-state index in [0.29, 0.717) is 18.1 Å². The summed E-state index contributed by atoms with van der Waals surface area (Å²) in [5, 5.41) is 7.25. The molecule has 0 radical (unpaired) electrons. The van der Waals surface area contributed by atoms with E-state index in [2.05, 4.69) is 15.4 Å². The number of hydrogen-bond donors (Lipinski definition) is 1. The van der Waals surface area contributed by atoms with E-state index in [4.69, 9.17) is 4.74 Å². The molecule has 0 aliphatic heterocycles. The number of nitrogens with zero attached hydrogens (tertiary/aromatic N) is 3. The van der Waals surface area contributed by atoms with Gasteiger partial charge in [-0.1, -0.05) is 12.1 Å². The molecule has 3 aromatic rings. The minimum absolute atomic E-state index is 0.343. The molecule has 0 unspecified atom stereocenters. The maximum Gasteiger partial charge on any atom is 0.243 e. The lowest BCUT2D eigenvalue weighted by Gasteiger charge is -2.03. The molecule has 0 aliphatic carbocycles. The molecular weight excluding hydrogens is 259 g/mol. The Morgan fingerprint density at radius 3 is 2.75 bits per heavy atom. The molecule has 0 atom stereocenters. The van der Waals surface area contributed by atoms with E-state index >= 15 is 0 Å². The number of fused-ring (bicyclic) bond motifs is 1. The summed E-state index contributed by atoms with van der Waals surface area (Å²) in [5.41, 5.74) is 1.68. The Hall–Kier alpha value is -2.63. The number of anilines is 1. The third kappa shape index (κ3) is 2.54. The molecular formula is C14H13FN4O. The SMILES string of the molecule is COc1ccc(CNc2nc3ccc(F)cn3n2)cc1. The summed E-state index contributed by atoms with van der Waals surface area (Å²) in [7, 11) is 1.63. The van der Waals surface area contributed by atoms with E-state index in [9.17, 15) is 4.39 Å². The van der Waals surface area contributed by atoms with Crippen LogP contribution >= 0.6 is 0 Å². The fraction of sp³-hybridized carbons (Fsp3) is 0.143. The third-order valence-corrected chi connectivity index (χ3v) is 2.90. The molecule has 3 rings (SSSR count). The average Bonchev–Trinajstić information content (AvgIpc) is 2.87. The summed E-state index contributed by atoms with van der Waals surface area (Å²) in [6.45, 7) is 0.587. The number of benzene rings is 1. The molecule has 0 bridgehead atoms. The number of nitrogens with one attached hydrogen (secondary N) is 1. The lowest BCUT2D eigenvalue weighted by Crippen LogP contribution is -2.01. The van der Waals surface area contributed by atoms with E-state index in [-0.39, 0.29) is 5.82 Å². The van der Waals surface area contributed by atoms with Crippen LogP contribution in [0, 0.1) is 5.82 Å². The first-order valence-electron chi connectivity index (χ1n) is 6.13. The highest BCUT2D eigenvalue weighted by atomic mass is 19.1. The van der Waals surface area contributed by atoms with Gasteiger partial charge in [0.25, 0.3) is 0 Å². The first kappa shape index (κ1) is 12.4. The Balaban J connectivity index is 1.72. The molecule has 1 aromatic carbocycles. The number of hydrogen-bond acceptors (Lipinski definition) is 4. The molecule has 2 heterocycles. The molecule has 5 nitrogen and oxygen atoms in total. The van der Waals surface area contributed by atoms with E-state index in [1.165, 1.54) is 16.8 Å². The van der Waals surface area contributed by atoms with Crippen LogP contribution in [0.4, 0.5) is 10.3 Å². The molecule has 0 fully saturated rings. The van der Waals surface area contributed by atoms with Gasteiger partial charge in [-0.3, -0.25) is 0 Å². The summed E-state index contributed by atoms with van der Waals surface area (Å²) in [6.07, 6.45) is 1.29. The van der Waals surface area contributed by atoms with E-state index in [1.807, 2.05) is 24.3 Å². The molecule has 102 valence electrons. The molecule has 0 spiro atoms. The normalized spacial score (nSPS) is 10.7. The number of pyridine rings is 1. The molecule has 0 saturated carbocycles. The van der Waals surface area contributed by atoms with Crippen LogP contribution in [0.2, 0.25) is 0 Å². The van der Waals surface area contributed by atoms with Gasteiger partial charge in [0.2, 0.25) is 5.95 Å². The van der Waals surface area contributed by atoms with Crippen molar-refractivity contribution in [2.45, 2.75) is 6.54 Å². The monoisotopic (exact) mass is 272 g/mol. The van der Waals surface area contributed by atoms with Gasteiger partial charge >= 0.3 is 0 Å². The van der Waals surface area contributed by atoms with Gasteiger partial charge in [-0.15, -0.1) is 5.10 Å². The second-order valence-electron chi connectivity index (χ2n) is 4.29. The van der Waals surface area contributed by atoms with E-state index in [0.717, 1.165) is 11.3 Å². The van der Waals surface area contributed by atoms with Crippen molar-refractivity contribution < 1.29 is 9.13 Å². The van der Waals surface area contributed by atoms with Gasteiger partial charge in [0.05, 0.1) is 13.3 Å². The lowest BCUT2D eigenvalue weighted by atomic mass is 10.2. The Bertz CT molecular complexity index is 724. The van der Waals surface area contributed by atoms with Gasteiger partial charge in [-0.2, -0.15) is 4.98 Å². The zero-order valence-corrected chi connectivity index (χ0v) is 10.9. The molecule has 2 aromatic heterocycles. The predicted molar refractivity (Wildman–Crippen MR) is 73.3 cm³/mol. The van der Waals surface area contributed by atoms with Gasteiger partial charge in [-0.25, -0.2) is 8.91 Å². The largest absolute Gasteiger partial charge is 0.497 e. The van der Waals surface area contributed by atoms with Crippen molar-refractivity contribution in [2.24, 2.45) is 0 Å². The first-order chi connectivity index (χ1) is 9.74. The number of halogens is 1. The zero-order valence-electron chi connectivity index (χ0n) is 10.9. The number of rotatable bonds is 4. The maximum atomic E-state index is 13.0. The summed E-state index contributed by atoms with van der Waals surface area (Å²) in [4.78, 5) is 4.25. The molecule has 0 amide bonds. The fourth-order valence-corrected chi connectivity index (χ4v) is 1.86. The van der Waals surface area contributed by atoms with Gasteiger partial charge in [-0.05, 0) is 29.8 Å². The molecule has 6 heteroatoms. The smallest absolute Gasteiger partial charge is 0.243 e. The molecule has 0 saturated heterocycles. The van der Waals surface area contributed by atoms with Crippen molar-refractivity contribution >= 4 is 11.6 Å². The van der Waals surface area contributed by atoms with Crippen LogP contribution in [-0.2, 0) is 6.54 Å². The number of methoxy groups -OCH3 is 1. The highest BCUT2D eigenvalue weighted by molar-refractivity contribution is 5.43.